The first kappa shape index (κ1) is 21.0. The van der Waals surface area contributed by atoms with Gasteiger partial charge in [0.05, 0.1) is 5.75 Å². The number of sulfonamides is 1. The maximum absolute atomic E-state index is 12.5. The Labute approximate surface area is 161 Å². The fraction of sp³-hybridized carbons (Fsp3) is 0.611. The fourth-order valence-corrected chi connectivity index (χ4v) is 4.60. The molecule has 0 spiro atoms. The molecule has 0 atom stereocenters. The number of nitrogens with zero attached hydrogens (tertiary/aromatic N) is 2. The monoisotopic (exact) mass is 401 g/mol. The Hall–Kier alpha value is -1.31. The number of halogens is 1. The van der Waals surface area contributed by atoms with Crippen molar-refractivity contribution in [3.8, 4) is 0 Å². The van der Waals surface area contributed by atoms with E-state index < -0.39 is 10.0 Å². The second-order valence-electron chi connectivity index (χ2n) is 6.54. The third-order valence-corrected chi connectivity index (χ3v) is 6.66. The number of carbonyl (C=O) groups is 1. The van der Waals surface area contributed by atoms with E-state index in [-0.39, 0.29) is 11.7 Å². The normalized spacial score (nSPS) is 15.8. The van der Waals surface area contributed by atoms with E-state index in [4.69, 9.17) is 11.6 Å². The predicted octanol–water partition coefficient (Wildman–Crippen LogP) is 1.97. The summed E-state index contributed by atoms with van der Waals surface area (Å²) in [6.07, 6.45) is 1.45. The largest absolute Gasteiger partial charge is 0.369 e. The maximum atomic E-state index is 12.5. The topological polar surface area (TPSA) is 69.7 Å². The van der Waals surface area contributed by atoms with Crippen molar-refractivity contribution in [1.29, 1.82) is 0 Å². The average molecular weight is 402 g/mol. The summed E-state index contributed by atoms with van der Waals surface area (Å²) in [5.41, 5.74) is 2.34. The molecule has 1 amide bonds. The Morgan fingerprint density at radius 2 is 1.92 bits per heavy atom. The van der Waals surface area contributed by atoms with Gasteiger partial charge in [-0.3, -0.25) is 4.79 Å². The first-order chi connectivity index (χ1) is 12.4. The van der Waals surface area contributed by atoms with Crippen LogP contribution in [0.2, 0.25) is 0 Å². The predicted molar refractivity (Wildman–Crippen MR) is 106 cm³/mol. The highest BCUT2D eigenvalue weighted by Crippen LogP contribution is 2.19. The molecule has 146 valence electrons. The van der Waals surface area contributed by atoms with Gasteiger partial charge in [-0.05, 0) is 37.5 Å². The summed E-state index contributed by atoms with van der Waals surface area (Å²) in [7, 11) is -3.28. The van der Waals surface area contributed by atoms with Crippen molar-refractivity contribution in [3.05, 3.63) is 29.8 Å². The lowest BCUT2D eigenvalue weighted by molar-refractivity contribution is -0.121. The van der Waals surface area contributed by atoms with E-state index in [0.29, 0.717) is 57.9 Å². The number of amides is 1. The average Bonchev–Trinajstić information content (AvgIpc) is 2.63. The summed E-state index contributed by atoms with van der Waals surface area (Å²) in [5.74, 6) is 0.443. The Balaban J connectivity index is 1.74. The zero-order valence-corrected chi connectivity index (χ0v) is 16.9. The summed E-state index contributed by atoms with van der Waals surface area (Å²) < 4.78 is 26.5. The minimum absolute atomic E-state index is 0.0627. The maximum Gasteiger partial charge on any atom is 0.220 e. The van der Waals surface area contributed by atoms with Crippen LogP contribution < -0.4 is 10.2 Å². The lowest BCUT2D eigenvalue weighted by atomic mass is 10.2. The van der Waals surface area contributed by atoms with Gasteiger partial charge in [-0.25, -0.2) is 8.42 Å². The van der Waals surface area contributed by atoms with Crippen LogP contribution >= 0.6 is 11.6 Å². The van der Waals surface area contributed by atoms with Gasteiger partial charge in [0.1, 0.15) is 0 Å². The van der Waals surface area contributed by atoms with Gasteiger partial charge in [-0.15, -0.1) is 11.6 Å². The SMILES string of the molecule is Cc1cccc(N2CCN(S(=O)(=O)CCCNC(=O)CCCCl)CC2)c1. The molecule has 6 nitrogen and oxygen atoms in total. The minimum Gasteiger partial charge on any atom is -0.369 e. The molecule has 0 unspecified atom stereocenters. The summed E-state index contributed by atoms with van der Waals surface area (Å²) in [6, 6.07) is 8.26. The molecule has 0 radical (unpaired) electrons. The van der Waals surface area contributed by atoms with Crippen LogP contribution in [0.4, 0.5) is 5.69 Å². The lowest BCUT2D eigenvalue weighted by Crippen LogP contribution is -2.49. The van der Waals surface area contributed by atoms with Gasteiger partial charge < -0.3 is 10.2 Å². The molecule has 1 aromatic carbocycles. The molecule has 26 heavy (non-hydrogen) atoms. The third-order valence-electron chi connectivity index (χ3n) is 4.44. The summed E-state index contributed by atoms with van der Waals surface area (Å²) in [4.78, 5) is 13.7. The van der Waals surface area contributed by atoms with Gasteiger partial charge in [0.15, 0.2) is 0 Å². The number of alkyl halides is 1. The van der Waals surface area contributed by atoms with E-state index in [1.165, 1.54) is 5.56 Å². The number of hydrogen-bond donors (Lipinski definition) is 1. The standard InChI is InChI=1S/C18H28ClN3O3S/c1-16-5-2-6-17(15-16)21-10-12-22(13-11-21)26(24,25)14-4-9-20-18(23)7-3-8-19/h2,5-6,15H,3-4,7-14H2,1H3,(H,20,23). The zero-order chi connectivity index (χ0) is 19.0. The highest BCUT2D eigenvalue weighted by Gasteiger charge is 2.26. The quantitative estimate of drug-likeness (QED) is 0.507. The molecule has 1 saturated heterocycles. The van der Waals surface area contributed by atoms with E-state index in [1.54, 1.807) is 4.31 Å². The molecule has 1 heterocycles. The third kappa shape index (κ3) is 6.45. The first-order valence-corrected chi connectivity index (χ1v) is 11.2. The van der Waals surface area contributed by atoms with Crippen LogP contribution in [0.5, 0.6) is 0 Å². The number of rotatable bonds is 9. The summed E-state index contributed by atoms with van der Waals surface area (Å²) in [5, 5.41) is 2.74. The van der Waals surface area contributed by atoms with Crippen LogP contribution in [0.3, 0.4) is 0 Å². The number of aryl methyl sites for hydroxylation is 1. The Bertz CT molecular complexity index is 689. The van der Waals surface area contributed by atoms with Crippen molar-refractivity contribution in [2.45, 2.75) is 26.2 Å². The summed E-state index contributed by atoms with van der Waals surface area (Å²) in [6.45, 7) is 4.81. The minimum atomic E-state index is -3.28. The molecule has 1 fully saturated rings. The molecule has 0 saturated carbocycles. The van der Waals surface area contributed by atoms with Crippen molar-refractivity contribution in [2.24, 2.45) is 0 Å². The molecule has 8 heteroatoms. The molecule has 1 aliphatic rings. The van der Waals surface area contributed by atoms with E-state index in [0.717, 1.165) is 5.69 Å². The van der Waals surface area contributed by atoms with Crippen LogP contribution in [0.1, 0.15) is 24.8 Å². The van der Waals surface area contributed by atoms with E-state index >= 15 is 0 Å². The van der Waals surface area contributed by atoms with Crippen LogP contribution in [-0.2, 0) is 14.8 Å². The molecule has 2 rings (SSSR count). The second kappa shape index (κ2) is 10.1. The van der Waals surface area contributed by atoms with E-state index in [2.05, 4.69) is 35.3 Å². The van der Waals surface area contributed by atoms with Crippen LogP contribution in [0, 0.1) is 6.92 Å². The molecule has 1 N–H and O–H groups in total. The van der Waals surface area contributed by atoms with Gasteiger partial charge in [0, 0.05) is 50.7 Å². The van der Waals surface area contributed by atoms with Gasteiger partial charge >= 0.3 is 0 Å². The van der Waals surface area contributed by atoms with Crippen LogP contribution in [0.15, 0.2) is 24.3 Å². The van der Waals surface area contributed by atoms with Gasteiger partial charge in [0.25, 0.3) is 0 Å². The van der Waals surface area contributed by atoms with Crippen LogP contribution in [-0.4, -0.2) is 63.0 Å². The molecule has 1 aliphatic heterocycles. The van der Waals surface area contributed by atoms with Crippen molar-refractivity contribution in [2.75, 3.05) is 49.3 Å². The second-order valence-corrected chi connectivity index (χ2v) is 9.00. The molecular formula is C18H28ClN3O3S. The molecule has 0 aromatic heterocycles. The Kier molecular flexibility index (Phi) is 8.18. The van der Waals surface area contributed by atoms with E-state index in [9.17, 15) is 13.2 Å². The molecule has 1 aromatic rings. The highest BCUT2D eigenvalue weighted by molar-refractivity contribution is 7.89. The Morgan fingerprint density at radius 1 is 1.19 bits per heavy atom. The number of piperazine rings is 1. The summed E-state index contributed by atoms with van der Waals surface area (Å²) >= 11 is 5.54. The van der Waals surface area contributed by atoms with Gasteiger partial charge in [0.2, 0.25) is 15.9 Å². The number of anilines is 1. The van der Waals surface area contributed by atoms with Crippen molar-refractivity contribution < 1.29 is 13.2 Å². The smallest absolute Gasteiger partial charge is 0.220 e. The Morgan fingerprint density at radius 3 is 2.58 bits per heavy atom. The van der Waals surface area contributed by atoms with Gasteiger partial charge in [-0.1, -0.05) is 12.1 Å². The van der Waals surface area contributed by atoms with Gasteiger partial charge in [-0.2, -0.15) is 4.31 Å². The first-order valence-electron chi connectivity index (χ1n) is 9.04. The number of nitrogens with one attached hydrogen (secondary N) is 1. The fourth-order valence-electron chi connectivity index (χ4n) is 2.98. The van der Waals surface area contributed by atoms with Crippen LogP contribution in [0.25, 0.3) is 0 Å². The molecular weight excluding hydrogens is 374 g/mol. The number of carbonyl (C=O) groups excluding carboxylic acids is 1. The number of benzene rings is 1. The lowest BCUT2D eigenvalue weighted by Gasteiger charge is -2.35. The van der Waals surface area contributed by atoms with Crippen molar-refractivity contribution in [1.82, 2.24) is 9.62 Å². The molecule has 0 bridgehead atoms. The van der Waals surface area contributed by atoms with E-state index in [1.807, 2.05) is 6.07 Å². The molecule has 0 aliphatic carbocycles. The highest BCUT2D eigenvalue weighted by atomic mass is 35.5. The zero-order valence-electron chi connectivity index (χ0n) is 15.3. The number of hydrogen-bond acceptors (Lipinski definition) is 4. The van der Waals surface area contributed by atoms with Crippen molar-refractivity contribution >= 4 is 33.2 Å². The van der Waals surface area contributed by atoms with Crippen molar-refractivity contribution in [3.63, 3.8) is 0 Å².